The van der Waals surface area contributed by atoms with Crippen molar-refractivity contribution < 1.29 is 18.4 Å². The summed E-state index contributed by atoms with van der Waals surface area (Å²) in [7, 11) is 0. The minimum atomic E-state index is -0.580. The maximum absolute atomic E-state index is 13.2. The Morgan fingerprint density at radius 3 is 2.58 bits per heavy atom. The summed E-state index contributed by atoms with van der Waals surface area (Å²) in [5, 5.41) is 5.39. The van der Waals surface area contributed by atoms with Crippen molar-refractivity contribution in [2.45, 2.75) is 25.4 Å². The predicted molar refractivity (Wildman–Crippen MR) is 93.4 cm³/mol. The first-order valence-electron chi connectivity index (χ1n) is 8.38. The van der Waals surface area contributed by atoms with Gasteiger partial charge in [0.15, 0.2) is 0 Å². The Bertz CT molecular complexity index is 796. The molecular weight excluding hydrogens is 340 g/mol. The second kappa shape index (κ2) is 7.95. The zero-order valence-corrected chi connectivity index (χ0v) is 14.0. The lowest BCUT2D eigenvalue weighted by Crippen LogP contribution is -2.47. The smallest absolute Gasteiger partial charge is 0.322 e. The van der Waals surface area contributed by atoms with E-state index in [1.54, 1.807) is 18.2 Å². The van der Waals surface area contributed by atoms with Crippen molar-refractivity contribution in [1.29, 1.82) is 0 Å². The molecule has 0 bridgehead atoms. The van der Waals surface area contributed by atoms with E-state index in [1.807, 2.05) is 0 Å². The van der Waals surface area contributed by atoms with Crippen LogP contribution >= 0.6 is 0 Å². The van der Waals surface area contributed by atoms with Crippen molar-refractivity contribution in [2.24, 2.45) is 0 Å². The molecule has 1 fully saturated rings. The summed E-state index contributed by atoms with van der Waals surface area (Å²) in [5.74, 6) is -1.05. The molecule has 1 aliphatic rings. The van der Waals surface area contributed by atoms with Gasteiger partial charge in [0.25, 0.3) is 0 Å². The van der Waals surface area contributed by atoms with Crippen LogP contribution in [0.2, 0.25) is 0 Å². The van der Waals surface area contributed by atoms with Crippen molar-refractivity contribution in [3.8, 4) is 0 Å². The summed E-state index contributed by atoms with van der Waals surface area (Å²) in [6.07, 6.45) is 1.27. The summed E-state index contributed by atoms with van der Waals surface area (Å²) in [6, 6.07) is 10.4. The molecule has 0 saturated carbocycles. The lowest BCUT2D eigenvalue weighted by atomic mass is 10.2. The first-order valence-corrected chi connectivity index (χ1v) is 8.38. The van der Waals surface area contributed by atoms with Gasteiger partial charge in [0.1, 0.15) is 17.7 Å². The minimum absolute atomic E-state index is 0.259. The zero-order valence-electron chi connectivity index (χ0n) is 14.0. The quantitative estimate of drug-likeness (QED) is 0.880. The topological polar surface area (TPSA) is 61.4 Å². The zero-order chi connectivity index (χ0) is 18.5. The molecule has 0 radical (unpaired) electrons. The molecule has 1 heterocycles. The van der Waals surface area contributed by atoms with Gasteiger partial charge >= 0.3 is 6.03 Å². The van der Waals surface area contributed by atoms with Crippen molar-refractivity contribution in [3.05, 3.63) is 65.7 Å². The van der Waals surface area contributed by atoms with E-state index in [0.717, 1.165) is 5.56 Å². The molecule has 7 heteroatoms. The monoisotopic (exact) mass is 359 g/mol. The molecule has 136 valence electrons. The van der Waals surface area contributed by atoms with Crippen LogP contribution in [0.1, 0.15) is 18.4 Å². The molecule has 3 rings (SSSR count). The van der Waals surface area contributed by atoms with Crippen molar-refractivity contribution in [3.63, 3.8) is 0 Å². The number of nitrogens with zero attached hydrogens (tertiary/aromatic N) is 1. The molecule has 1 aliphatic heterocycles. The van der Waals surface area contributed by atoms with E-state index in [2.05, 4.69) is 10.6 Å². The van der Waals surface area contributed by atoms with Crippen LogP contribution in [0, 0.1) is 11.6 Å². The highest BCUT2D eigenvalue weighted by Crippen LogP contribution is 2.20. The number of likely N-dealkylation sites (tertiary alicyclic amines) is 1. The molecule has 1 unspecified atom stereocenters. The molecule has 5 nitrogen and oxygen atoms in total. The van der Waals surface area contributed by atoms with Gasteiger partial charge in [0.05, 0.1) is 0 Å². The van der Waals surface area contributed by atoms with Crippen molar-refractivity contribution in [2.75, 3.05) is 11.9 Å². The summed E-state index contributed by atoms with van der Waals surface area (Å²) >= 11 is 0. The molecule has 2 N–H and O–H groups in total. The molecule has 0 aliphatic carbocycles. The number of hydrogen-bond acceptors (Lipinski definition) is 2. The Morgan fingerprint density at radius 1 is 1.08 bits per heavy atom. The average Bonchev–Trinajstić information content (AvgIpc) is 3.11. The number of carbonyl (C=O) groups is 2. The van der Waals surface area contributed by atoms with Gasteiger partial charge in [0.2, 0.25) is 5.91 Å². The average molecular weight is 359 g/mol. The Kier molecular flexibility index (Phi) is 5.46. The first-order chi connectivity index (χ1) is 12.5. The van der Waals surface area contributed by atoms with Gasteiger partial charge in [-0.2, -0.15) is 0 Å². The van der Waals surface area contributed by atoms with Crippen LogP contribution in [-0.2, 0) is 11.3 Å². The standard InChI is InChI=1S/C19H19F2N3O2/c20-14-8-6-13(7-9-14)12-22-18(25)17-5-2-10-24(17)19(26)23-16-4-1-3-15(21)11-16/h1,3-4,6-9,11,17H,2,5,10,12H2,(H,22,25)(H,23,26). The maximum Gasteiger partial charge on any atom is 0.322 e. The maximum atomic E-state index is 13.2. The number of anilines is 1. The van der Waals surface area contributed by atoms with E-state index in [1.165, 1.54) is 35.2 Å². The fraction of sp³-hybridized carbons (Fsp3) is 0.263. The van der Waals surface area contributed by atoms with E-state index in [9.17, 15) is 18.4 Å². The Balaban J connectivity index is 1.58. The number of benzene rings is 2. The number of rotatable bonds is 4. The van der Waals surface area contributed by atoms with E-state index in [4.69, 9.17) is 0 Å². The van der Waals surface area contributed by atoms with Gasteiger partial charge in [-0.3, -0.25) is 4.79 Å². The molecule has 0 aromatic heterocycles. The van der Waals surface area contributed by atoms with E-state index < -0.39 is 17.9 Å². The summed E-state index contributed by atoms with van der Waals surface area (Å²) < 4.78 is 26.1. The molecule has 2 aromatic rings. The van der Waals surface area contributed by atoms with E-state index in [-0.39, 0.29) is 18.3 Å². The van der Waals surface area contributed by atoms with Crippen LogP contribution in [0.5, 0.6) is 0 Å². The highest BCUT2D eigenvalue weighted by atomic mass is 19.1. The van der Waals surface area contributed by atoms with Gasteiger partial charge in [-0.1, -0.05) is 18.2 Å². The Labute approximate surface area is 150 Å². The lowest BCUT2D eigenvalue weighted by Gasteiger charge is -2.24. The third-order valence-corrected chi connectivity index (χ3v) is 4.27. The second-order valence-electron chi connectivity index (χ2n) is 6.14. The Morgan fingerprint density at radius 2 is 1.85 bits per heavy atom. The van der Waals surface area contributed by atoms with Gasteiger partial charge in [-0.05, 0) is 48.7 Å². The molecular formula is C19H19F2N3O2. The molecule has 0 spiro atoms. The molecule has 1 saturated heterocycles. The number of urea groups is 1. The lowest BCUT2D eigenvalue weighted by molar-refractivity contribution is -0.124. The summed E-state index contributed by atoms with van der Waals surface area (Å²) in [6.45, 7) is 0.713. The highest BCUT2D eigenvalue weighted by Gasteiger charge is 2.34. The van der Waals surface area contributed by atoms with Crippen LogP contribution in [0.3, 0.4) is 0 Å². The SMILES string of the molecule is O=C(NCc1ccc(F)cc1)C1CCCN1C(=O)Nc1cccc(F)c1. The highest BCUT2D eigenvalue weighted by molar-refractivity contribution is 5.94. The third kappa shape index (κ3) is 4.36. The minimum Gasteiger partial charge on any atom is -0.350 e. The number of nitrogens with one attached hydrogen (secondary N) is 2. The van der Waals surface area contributed by atoms with Gasteiger partial charge in [-0.15, -0.1) is 0 Å². The fourth-order valence-corrected chi connectivity index (χ4v) is 2.95. The van der Waals surface area contributed by atoms with Gasteiger partial charge in [-0.25, -0.2) is 13.6 Å². The van der Waals surface area contributed by atoms with Crippen molar-refractivity contribution in [1.82, 2.24) is 10.2 Å². The number of carbonyl (C=O) groups excluding carboxylic acids is 2. The molecule has 2 aromatic carbocycles. The number of amides is 3. The van der Waals surface area contributed by atoms with Crippen molar-refractivity contribution >= 4 is 17.6 Å². The molecule has 3 amide bonds. The number of hydrogen-bond donors (Lipinski definition) is 2. The third-order valence-electron chi connectivity index (χ3n) is 4.27. The predicted octanol–water partition coefficient (Wildman–Crippen LogP) is 3.28. The van der Waals surface area contributed by atoms with Crippen LogP contribution in [0.25, 0.3) is 0 Å². The number of halogens is 2. The van der Waals surface area contributed by atoms with E-state index in [0.29, 0.717) is 25.1 Å². The molecule has 26 heavy (non-hydrogen) atoms. The van der Waals surface area contributed by atoms with Gasteiger partial charge < -0.3 is 15.5 Å². The summed E-state index contributed by atoms with van der Waals surface area (Å²) in [4.78, 5) is 26.3. The largest absolute Gasteiger partial charge is 0.350 e. The normalized spacial score (nSPS) is 16.4. The van der Waals surface area contributed by atoms with Gasteiger partial charge in [0, 0.05) is 18.8 Å². The first kappa shape index (κ1) is 17.8. The van der Waals surface area contributed by atoms with Crippen LogP contribution in [0.15, 0.2) is 48.5 Å². The Hall–Kier alpha value is -2.96. The molecule has 1 atom stereocenters. The van der Waals surface area contributed by atoms with E-state index >= 15 is 0 Å². The van der Waals surface area contributed by atoms with Crippen LogP contribution < -0.4 is 10.6 Å². The van der Waals surface area contributed by atoms with Crippen LogP contribution in [0.4, 0.5) is 19.3 Å². The van der Waals surface area contributed by atoms with Crippen LogP contribution in [-0.4, -0.2) is 29.4 Å². The second-order valence-corrected chi connectivity index (χ2v) is 6.14. The summed E-state index contributed by atoms with van der Waals surface area (Å²) in [5.41, 5.74) is 1.11. The fourth-order valence-electron chi connectivity index (χ4n) is 2.95.